The van der Waals surface area contributed by atoms with E-state index in [0.29, 0.717) is 0 Å². The monoisotopic (exact) mass is 370 g/mol. The van der Waals surface area contributed by atoms with E-state index in [2.05, 4.69) is 49.4 Å². The molecule has 2 aromatic heterocycles. The van der Waals surface area contributed by atoms with Crippen LogP contribution in [0.25, 0.3) is 0 Å². The molecule has 0 N–H and O–H groups in total. The van der Waals surface area contributed by atoms with Gasteiger partial charge in [-0.3, -0.25) is 0 Å². The van der Waals surface area contributed by atoms with Crippen molar-refractivity contribution in [3.8, 4) is 0 Å². The highest BCUT2D eigenvalue weighted by molar-refractivity contribution is 9.11. The molecule has 2 aromatic rings. The zero-order chi connectivity index (χ0) is 10.1. The molecule has 1 atom stereocenters. The van der Waals surface area contributed by atoms with Crippen molar-refractivity contribution in [3.63, 3.8) is 0 Å². The van der Waals surface area contributed by atoms with Crippen LogP contribution in [0.1, 0.15) is 15.3 Å². The Labute approximate surface area is 112 Å². The van der Waals surface area contributed by atoms with Crippen molar-refractivity contribution in [2.24, 2.45) is 0 Å². The Bertz CT molecular complexity index is 395. The van der Waals surface area contributed by atoms with Crippen LogP contribution in [0, 0.1) is 0 Å². The summed E-state index contributed by atoms with van der Waals surface area (Å²) in [6.45, 7) is 0. The number of alkyl halides is 1. The Balaban J connectivity index is 2.28. The van der Waals surface area contributed by atoms with Crippen molar-refractivity contribution >= 4 is 66.1 Å². The fourth-order valence-corrected chi connectivity index (χ4v) is 4.23. The molecule has 0 fully saturated rings. The Kier molecular flexibility index (Phi) is 3.71. The molecular weight excluding hydrogens is 367 g/mol. The molecule has 5 heteroatoms. The van der Waals surface area contributed by atoms with Gasteiger partial charge < -0.3 is 0 Å². The topological polar surface area (TPSA) is 0 Å². The molecule has 0 aromatic carbocycles. The van der Waals surface area contributed by atoms with Crippen molar-refractivity contribution in [2.45, 2.75) is 4.83 Å². The minimum absolute atomic E-state index is 0.252. The van der Waals surface area contributed by atoms with E-state index in [1.54, 1.807) is 22.7 Å². The van der Waals surface area contributed by atoms with Crippen LogP contribution in [0.5, 0.6) is 0 Å². The maximum absolute atomic E-state index is 5.89. The lowest BCUT2D eigenvalue weighted by molar-refractivity contribution is 1.25. The lowest BCUT2D eigenvalue weighted by atomic mass is 10.2. The molecule has 0 saturated heterocycles. The van der Waals surface area contributed by atoms with Crippen LogP contribution >= 0.6 is 66.1 Å². The fourth-order valence-electron chi connectivity index (χ4n) is 1.09. The first kappa shape index (κ1) is 11.1. The number of hydrogen-bond donors (Lipinski definition) is 0. The Morgan fingerprint density at radius 1 is 1.36 bits per heavy atom. The summed E-state index contributed by atoms with van der Waals surface area (Å²) in [5.74, 6) is 0. The van der Waals surface area contributed by atoms with Crippen molar-refractivity contribution in [2.75, 3.05) is 0 Å². The molecule has 0 amide bonds. The van der Waals surface area contributed by atoms with E-state index >= 15 is 0 Å². The molecule has 2 rings (SSSR count). The van der Waals surface area contributed by atoms with Gasteiger partial charge in [0.15, 0.2) is 0 Å². The molecular formula is C9H5Br2ClS2. The second kappa shape index (κ2) is 4.66. The van der Waals surface area contributed by atoms with Crippen LogP contribution in [-0.2, 0) is 0 Å². The molecule has 74 valence electrons. The molecule has 0 radical (unpaired) electrons. The molecule has 0 spiro atoms. The van der Waals surface area contributed by atoms with Gasteiger partial charge in [-0.2, -0.15) is 0 Å². The van der Waals surface area contributed by atoms with Gasteiger partial charge in [0.05, 0.1) is 12.9 Å². The van der Waals surface area contributed by atoms with E-state index in [1.165, 1.54) is 10.4 Å². The third-order valence-electron chi connectivity index (χ3n) is 1.72. The predicted octanol–water partition coefficient (Wildman–Crippen LogP) is 5.71. The maximum Gasteiger partial charge on any atom is 0.0931 e. The quantitative estimate of drug-likeness (QED) is 0.592. The van der Waals surface area contributed by atoms with Crippen molar-refractivity contribution in [3.05, 3.63) is 42.1 Å². The highest BCUT2D eigenvalue weighted by Gasteiger charge is 2.13. The second-order valence-corrected chi connectivity index (χ2v) is 7.64. The maximum atomic E-state index is 5.89. The van der Waals surface area contributed by atoms with Gasteiger partial charge in [0.2, 0.25) is 0 Å². The summed E-state index contributed by atoms with van der Waals surface area (Å²) in [5, 5.41) is 2.14. The van der Waals surface area contributed by atoms with Crippen LogP contribution < -0.4 is 0 Å². The average molecular weight is 373 g/mol. The molecule has 0 bridgehead atoms. The summed E-state index contributed by atoms with van der Waals surface area (Å²) < 4.78 is 1.98. The first-order valence-corrected chi connectivity index (χ1v) is 7.58. The lowest BCUT2D eigenvalue weighted by Crippen LogP contribution is -1.84. The van der Waals surface area contributed by atoms with Gasteiger partial charge in [0.1, 0.15) is 0 Å². The molecule has 1 unspecified atom stereocenters. The summed E-state index contributed by atoms with van der Waals surface area (Å²) >= 11 is 16.3. The molecule has 0 aliphatic heterocycles. The first-order valence-electron chi connectivity index (χ1n) is 3.80. The van der Waals surface area contributed by atoms with Crippen LogP contribution in [0.3, 0.4) is 0 Å². The summed E-state index contributed by atoms with van der Waals surface area (Å²) in [5.41, 5.74) is 1.26. The minimum Gasteiger partial charge on any atom is -0.136 e. The summed E-state index contributed by atoms with van der Waals surface area (Å²) in [6, 6.07) is 6.10. The van der Waals surface area contributed by atoms with Gasteiger partial charge in [-0.1, -0.05) is 27.5 Å². The summed E-state index contributed by atoms with van der Waals surface area (Å²) in [4.78, 5) is 1.49. The van der Waals surface area contributed by atoms with Gasteiger partial charge in [0.25, 0.3) is 0 Å². The Hall–Kier alpha value is 0.650. The highest BCUT2D eigenvalue weighted by Crippen LogP contribution is 2.39. The van der Waals surface area contributed by atoms with E-state index in [-0.39, 0.29) is 4.83 Å². The molecule has 0 nitrogen and oxygen atoms in total. The minimum atomic E-state index is 0.252. The first-order chi connectivity index (χ1) is 6.66. The highest BCUT2D eigenvalue weighted by atomic mass is 79.9. The Morgan fingerprint density at radius 3 is 2.64 bits per heavy atom. The molecule has 0 aliphatic rings. The van der Waals surface area contributed by atoms with E-state index in [1.807, 2.05) is 6.07 Å². The summed E-state index contributed by atoms with van der Waals surface area (Å²) in [6.07, 6.45) is 0. The normalized spacial score (nSPS) is 13.1. The van der Waals surface area contributed by atoms with Crippen molar-refractivity contribution in [1.82, 2.24) is 0 Å². The number of thiophene rings is 2. The molecule has 0 saturated carbocycles. The zero-order valence-electron chi connectivity index (χ0n) is 6.84. The van der Waals surface area contributed by atoms with E-state index in [9.17, 15) is 0 Å². The van der Waals surface area contributed by atoms with Gasteiger partial charge in [0, 0.05) is 4.88 Å². The van der Waals surface area contributed by atoms with Crippen LogP contribution in [-0.4, -0.2) is 0 Å². The largest absolute Gasteiger partial charge is 0.136 e. The molecule has 0 aliphatic carbocycles. The van der Waals surface area contributed by atoms with Crippen LogP contribution in [0.15, 0.2) is 27.4 Å². The standard InChI is InChI=1S/C9H5Br2ClS2/c10-7-3-5(4-13-7)9(11)6-1-2-8(12)14-6/h1-4,9H. The molecule has 2 heterocycles. The number of halogens is 3. The van der Waals surface area contributed by atoms with Gasteiger partial charge in [-0.05, 0) is 45.1 Å². The van der Waals surface area contributed by atoms with Crippen LogP contribution in [0.4, 0.5) is 0 Å². The van der Waals surface area contributed by atoms with E-state index in [4.69, 9.17) is 11.6 Å². The Morgan fingerprint density at radius 2 is 2.14 bits per heavy atom. The van der Waals surface area contributed by atoms with E-state index in [0.717, 1.165) is 8.12 Å². The smallest absolute Gasteiger partial charge is 0.0931 e. The van der Waals surface area contributed by atoms with Crippen molar-refractivity contribution in [1.29, 1.82) is 0 Å². The van der Waals surface area contributed by atoms with Gasteiger partial charge in [-0.25, -0.2) is 0 Å². The fraction of sp³-hybridized carbons (Fsp3) is 0.111. The van der Waals surface area contributed by atoms with Gasteiger partial charge in [-0.15, -0.1) is 22.7 Å². The third-order valence-corrected chi connectivity index (χ3v) is 5.87. The lowest BCUT2D eigenvalue weighted by Gasteiger charge is -2.03. The average Bonchev–Trinajstić information content (AvgIpc) is 2.73. The number of hydrogen-bond acceptors (Lipinski definition) is 2. The predicted molar refractivity (Wildman–Crippen MR) is 72.1 cm³/mol. The molecule has 14 heavy (non-hydrogen) atoms. The summed E-state index contributed by atoms with van der Waals surface area (Å²) in [7, 11) is 0. The SMILES string of the molecule is Clc1ccc(C(Br)c2csc(Br)c2)s1. The van der Waals surface area contributed by atoms with Gasteiger partial charge >= 0.3 is 0 Å². The van der Waals surface area contributed by atoms with Crippen molar-refractivity contribution < 1.29 is 0 Å². The number of rotatable bonds is 2. The second-order valence-electron chi connectivity index (χ2n) is 2.69. The van der Waals surface area contributed by atoms with E-state index < -0.39 is 0 Å². The zero-order valence-corrected chi connectivity index (χ0v) is 12.4. The van der Waals surface area contributed by atoms with Crippen LogP contribution in [0.2, 0.25) is 4.34 Å². The third kappa shape index (κ3) is 2.42.